The summed E-state index contributed by atoms with van der Waals surface area (Å²) in [5.41, 5.74) is -1.07. The molecule has 0 radical (unpaired) electrons. The lowest BCUT2D eigenvalue weighted by atomic mass is 9.37. The van der Waals surface area contributed by atoms with Gasteiger partial charge >= 0.3 is 0 Å². The van der Waals surface area contributed by atoms with Gasteiger partial charge in [0.25, 0.3) is 5.78 Å². The number of ketones is 2. The van der Waals surface area contributed by atoms with E-state index in [-0.39, 0.29) is 28.6 Å². The van der Waals surface area contributed by atoms with Crippen LogP contribution in [0, 0.1) is 33.5 Å². The van der Waals surface area contributed by atoms with Crippen molar-refractivity contribution in [2.45, 2.75) is 66.4 Å². The van der Waals surface area contributed by atoms with Gasteiger partial charge in [0, 0.05) is 5.57 Å². The minimum Gasteiger partial charge on any atom is -0.504 e. The number of carbonyl (C=O) groups excluding carboxylic acids is 2. The van der Waals surface area contributed by atoms with Crippen LogP contribution in [0.4, 0.5) is 0 Å². The molecule has 0 heterocycles. The summed E-state index contributed by atoms with van der Waals surface area (Å²) in [4.78, 5) is 25.2. The largest absolute Gasteiger partial charge is 0.504 e. The van der Waals surface area contributed by atoms with Crippen LogP contribution in [0.2, 0.25) is 0 Å². The molecule has 0 amide bonds. The molecule has 142 valence electrons. The van der Waals surface area contributed by atoms with Crippen molar-refractivity contribution in [1.82, 2.24) is 0 Å². The summed E-state index contributed by atoms with van der Waals surface area (Å²) in [6, 6.07) is 0. The van der Waals surface area contributed by atoms with Gasteiger partial charge in [0.15, 0.2) is 5.76 Å². The van der Waals surface area contributed by atoms with Gasteiger partial charge < -0.3 is 10.2 Å². The minimum atomic E-state index is -0.957. The molecule has 4 rings (SSSR count). The zero-order valence-electron chi connectivity index (χ0n) is 16.4. The molecule has 4 aliphatic rings. The standard InChI is InChI=1S/C22H30O4/c1-19(2)13-8-11-21(4)14(20(13,3)10-9-15(19)23)7-6-12-16(24)17(25)18(26)22(12,21)5/h6-7,13-15,23-24H,8-11H2,1-5H3/t13-,14+,15-,20-,21+,22-/m0/s1. The Balaban J connectivity index is 1.88. The summed E-state index contributed by atoms with van der Waals surface area (Å²) in [5, 5.41) is 20.9. The molecule has 0 saturated heterocycles. The Hall–Kier alpha value is -1.42. The van der Waals surface area contributed by atoms with Crippen LogP contribution < -0.4 is 0 Å². The Bertz CT molecular complexity index is 775. The SMILES string of the molecule is CC1(C)[C@@H](O)CC[C@]2(C)[C@H]3C=CC4=C(O)C(=O)C(=O)[C@@]4(C)[C@]3(C)CC[C@@H]12. The van der Waals surface area contributed by atoms with Crippen molar-refractivity contribution in [3.8, 4) is 0 Å². The predicted molar refractivity (Wildman–Crippen MR) is 98.4 cm³/mol. The number of hydrogen-bond acceptors (Lipinski definition) is 4. The maximum atomic E-state index is 13.0. The Morgan fingerprint density at radius 2 is 1.69 bits per heavy atom. The van der Waals surface area contributed by atoms with Gasteiger partial charge in [-0.25, -0.2) is 0 Å². The fourth-order valence-electron chi connectivity index (χ4n) is 7.29. The molecule has 2 N–H and O–H groups in total. The highest BCUT2D eigenvalue weighted by atomic mass is 16.3. The molecule has 6 atom stereocenters. The first-order valence-corrected chi connectivity index (χ1v) is 9.81. The topological polar surface area (TPSA) is 74.6 Å². The number of Topliss-reactive ketones (excluding diaryl/α,β-unsaturated/α-hetero) is 2. The van der Waals surface area contributed by atoms with Crippen LogP contribution in [0.1, 0.15) is 60.3 Å². The Morgan fingerprint density at radius 1 is 1.04 bits per heavy atom. The summed E-state index contributed by atoms with van der Waals surface area (Å²) >= 11 is 0. The molecular weight excluding hydrogens is 328 g/mol. The highest BCUT2D eigenvalue weighted by molar-refractivity contribution is 6.48. The van der Waals surface area contributed by atoms with Crippen molar-refractivity contribution in [1.29, 1.82) is 0 Å². The van der Waals surface area contributed by atoms with Gasteiger partial charge in [0.05, 0.1) is 11.5 Å². The third-order valence-electron chi connectivity index (χ3n) is 9.13. The number of carbonyl (C=O) groups is 2. The van der Waals surface area contributed by atoms with E-state index >= 15 is 0 Å². The second-order valence-electron chi connectivity index (χ2n) is 10.3. The minimum absolute atomic E-state index is 0.0394. The highest BCUT2D eigenvalue weighted by Gasteiger charge is 2.69. The molecular formula is C22H30O4. The number of hydrogen-bond donors (Lipinski definition) is 2. The van der Waals surface area contributed by atoms with E-state index in [1.807, 2.05) is 13.0 Å². The lowest BCUT2D eigenvalue weighted by Gasteiger charge is -2.66. The lowest BCUT2D eigenvalue weighted by Crippen LogP contribution is -2.63. The summed E-state index contributed by atoms with van der Waals surface area (Å²) in [7, 11) is 0. The molecule has 4 aliphatic carbocycles. The first-order valence-electron chi connectivity index (χ1n) is 9.81. The molecule has 26 heavy (non-hydrogen) atoms. The van der Waals surface area contributed by atoms with Gasteiger partial charge in [-0.3, -0.25) is 9.59 Å². The van der Waals surface area contributed by atoms with Crippen molar-refractivity contribution in [2.24, 2.45) is 33.5 Å². The predicted octanol–water partition coefficient (Wildman–Crippen LogP) is 3.75. The highest BCUT2D eigenvalue weighted by Crippen LogP contribution is 2.71. The zero-order valence-corrected chi connectivity index (χ0v) is 16.4. The van der Waals surface area contributed by atoms with Crippen LogP contribution in [-0.2, 0) is 9.59 Å². The van der Waals surface area contributed by atoms with Crippen LogP contribution in [0.5, 0.6) is 0 Å². The molecule has 0 spiro atoms. The summed E-state index contributed by atoms with van der Waals surface area (Å²) in [5.74, 6) is -1.06. The molecule has 2 saturated carbocycles. The monoisotopic (exact) mass is 358 g/mol. The van der Waals surface area contributed by atoms with E-state index in [0.29, 0.717) is 11.5 Å². The lowest BCUT2D eigenvalue weighted by molar-refractivity contribution is -0.181. The molecule has 0 aromatic heterocycles. The summed E-state index contributed by atoms with van der Waals surface area (Å²) in [6.45, 7) is 10.6. The van der Waals surface area contributed by atoms with Crippen molar-refractivity contribution >= 4 is 11.6 Å². The molecule has 0 bridgehead atoms. The first-order chi connectivity index (χ1) is 11.9. The van der Waals surface area contributed by atoms with E-state index in [0.717, 1.165) is 25.7 Å². The van der Waals surface area contributed by atoms with Crippen LogP contribution >= 0.6 is 0 Å². The van der Waals surface area contributed by atoms with Gasteiger partial charge in [-0.05, 0) is 60.7 Å². The second kappa shape index (κ2) is 4.89. The fraction of sp³-hybridized carbons (Fsp3) is 0.727. The van der Waals surface area contributed by atoms with Crippen LogP contribution in [-0.4, -0.2) is 27.9 Å². The van der Waals surface area contributed by atoms with E-state index in [1.54, 1.807) is 0 Å². The van der Waals surface area contributed by atoms with Crippen LogP contribution in [0.3, 0.4) is 0 Å². The molecule has 0 unspecified atom stereocenters. The molecule has 4 nitrogen and oxygen atoms in total. The molecule has 4 heteroatoms. The molecule has 0 aromatic carbocycles. The molecule has 0 aliphatic heterocycles. The number of aliphatic hydroxyl groups excluding tert-OH is 2. The number of rotatable bonds is 0. The van der Waals surface area contributed by atoms with Gasteiger partial charge in [-0.2, -0.15) is 0 Å². The van der Waals surface area contributed by atoms with Crippen molar-refractivity contribution in [3.63, 3.8) is 0 Å². The van der Waals surface area contributed by atoms with Crippen molar-refractivity contribution in [2.75, 3.05) is 0 Å². The maximum Gasteiger partial charge on any atom is 0.264 e. The van der Waals surface area contributed by atoms with E-state index < -0.39 is 22.4 Å². The number of fused-ring (bicyclic) bond motifs is 5. The number of aliphatic hydroxyl groups is 2. The van der Waals surface area contributed by atoms with E-state index in [2.05, 4.69) is 33.8 Å². The average molecular weight is 358 g/mol. The van der Waals surface area contributed by atoms with Gasteiger partial charge in [-0.15, -0.1) is 0 Å². The van der Waals surface area contributed by atoms with E-state index in [1.165, 1.54) is 0 Å². The first kappa shape index (κ1) is 18.0. The Morgan fingerprint density at radius 3 is 2.35 bits per heavy atom. The Labute approximate surface area is 155 Å². The smallest absolute Gasteiger partial charge is 0.264 e. The van der Waals surface area contributed by atoms with Crippen molar-refractivity contribution < 1.29 is 19.8 Å². The van der Waals surface area contributed by atoms with Gasteiger partial charge in [0.2, 0.25) is 5.78 Å². The average Bonchev–Trinajstić information content (AvgIpc) is 2.74. The summed E-state index contributed by atoms with van der Waals surface area (Å²) in [6.07, 6.45) is 7.07. The van der Waals surface area contributed by atoms with E-state index in [9.17, 15) is 19.8 Å². The van der Waals surface area contributed by atoms with Gasteiger partial charge in [0.1, 0.15) is 0 Å². The third-order valence-corrected chi connectivity index (χ3v) is 9.13. The zero-order chi connectivity index (χ0) is 19.3. The molecule has 2 fully saturated rings. The van der Waals surface area contributed by atoms with Crippen LogP contribution in [0.15, 0.2) is 23.5 Å². The third kappa shape index (κ3) is 1.70. The number of allylic oxidation sites excluding steroid dienone is 4. The molecule has 0 aromatic rings. The second-order valence-corrected chi connectivity index (χ2v) is 10.3. The van der Waals surface area contributed by atoms with Crippen LogP contribution in [0.25, 0.3) is 0 Å². The normalized spacial score (nSPS) is 49.7. The fourth-order valence-corrected chi connectivity index (χ4v) is 7.29. The van der Waals surface area contributed by atoms with Crippen molar-refractivity contribution in [3.05, 3.63) is 23.5 Å². The Kier molecular flexibility index (Phi) is 3.38. The van der Waals surface area contributed by atoms with Gasteiger partial charge in [-0.1, -0.05) is 39.8 Å². The summed E-state index contributed by atoms with van der Waals surface area (Å²) < 4.78 is 0. The maximum absolute atomic E-state index is 13.0. The quantitative estimate of drug-likeness (QED) is 0.647. The van der Waals surface area contributed by atoms with E-state index in [4.69, 9.17) is 0 Å².